The normalized spacial score (nSPS) is 19.0. The number of nitrogens with zero attached hydrogens (tertiary/aromatic N) is 2. The van der Waals surface area contributed by atoms with Crippen LogP contribution in [0.4, 0.5) is 17.5 Å². The maximum absolute atomic E-state index is 12.8. The lowest BCUT2D eigenvalue weighted by molar-refractivity contribution is -0.123. The summed E-state index contributed by atoms with van der Waals surface area (Å²) in [7, 11) is 0. The van der Waals surface area contributed by atoms with Crippen LogP contribution < -0.4 is 21.1 Å². The minimum absolute atomic E-state index is 0.123. The van der Waals surface area contributed by atoms with Gasteiger partial charge in [-0.25, -0.2) is 0 Å². The van der Waals surface area contributed by atoms with Crippen LogP contribution in [0, 0.1) is 0 Å². The highest BCUT2D eigenvalue weighted by Gasteiger charge is 2.35. The highest BCUT2D eigenvalue weighted by molar-refractivity contribution is 6.30. The van der Waals surface area contributed by atoms with E-state index in [0.29, 0.717) is 43.0 Å². The van der Waals surface area contributed by atoms with Gasteiger partial charge in [0, 0.05) is 30.2 Å². The van der Waals surface area contributed by atoms with E-state index in [0.717, 1.165) is 0 Å². The first-order valence-corrected chi connectivity index (χ1v) is 9.22. The highest BCUT2D eigenvalue weighted by atomic mass is 35.5. The number of carbonyl (C=O) groups excluding carboxylic acids is 2. The molecule has 0 spiro atoms. The molecule has 1 saturated heterocycles. The molecule has 0 bridgehead atoms. The lowest BCUT2D eigenvalue weighted by Gasteiger charge is -2.29. The summed E-state index contributed by atoms with van der Waals surface area (Å²) >= 11 is 5.85. The van der Waals surface area contributed by atoms with Crippen LogP contribution in [-0.4, -0.2) is 48.1 Å². The van der Waals surface area contributed by atoms with Crippen LogP contribution in [0.5, 0.6) is 0 Å². The number of hydrogen-bond acceptors (Lipinski definition) is 6. The van der Waals surface area contributed by atoms with Crippen LogP contribution in [0.15, 0.2) is 29.1 Å². The number of hydrogen-bond donors (Lipinski definition) is 3. The van der Waals surface area contributed by atoms with Crippen molar-refractivity contribution in [3.05, 3.63) is 45.2 Å². The zero-order valence-corrected chi connectivity index (χ0v) is 15.6. The molecule has 28 heavy (non-hydrogen) atoms. The van der Waals surface area contributed by atoms with E-state index in [4.69, 9.17) is 16.3 Å². The Bertz CT molecular complexity index is 969. The Morgan fingerprint density at radius 2 is 1.93 bits per heavy atom. The summed E-state index contributed by atoms with van der Waals surface area (Å²) < 4.78 is 5.30. The number of rotatable bonds is 3. The van der Waals surface area contributed by atoms with Crippen LogP contribution in [0.1, 0.15) is 17.9 Å². The Balaban J connectivity index is 1.64. The lowest BCUT2D eigenvalue weighted by Crippen LogP contribution is -2.41. The number of ether oxygens (including phenoxy) is 1. The van der Waals surface area contributed by atoms with Crippen molar-refractivity contribution in [3.8, 4) is 0 Å². The Kier molecular flexibility index (Phi) is 5.01. The number of H-pyrrole nitrogens is 1. The van der Waals surface area contributed by atoms with Crippen molar-refractivity contribution in [3.63, 3.8) is 0 Å². The second-order valence-corrected chi connectivity index (χ2v) is 6.99. The van der Waals surface area contributed by atoms with Gasteiger partial charge in [-0.3, -0.25) is 19.4 Å². The Labute approximate surface area is 165 Å². The van der Waals surface area contributed by atoms with Gasteiger partial charge in [-0.05, 0) is 24.3 Å². The number of benzene rings is 1. The minimum Gasteiger partial charge on any atom is -0.378 e. The highest BCUT2D eigenvalue weighted by Crippen LogP contribution is 2.30. The summed E-state index contributed by atoms with van der Waals surface area (Å²) in [6.45, 7) is 2.21. The van der Waals surface area contributed by atoms with Crippen molar-refractivity contribution < 1.29 is 14.3 Å². The number of aromatic amines is 1. The monoisotopic (exact) mass is 403 g/mol. The predicted octanol–water partition coefficient (Wildman–Crippen LogP) is 1.32. The molecule has 0 saturated carbocycles. The molecule has 2 amide bonds. The first-order chi connectivity index (χ1) is 13.5. The summed E-state index contributed by atoms with van der Waals surface area (Å²) in [6, 6.07) is 6.57. The SMILES string of the molecule is O=C1CC(C(=O)Nc2ccc(Cl)cc2)c2c(nc(N3CCOCC3)[nH]c2=O)N1. The smallest absolute Gasteiger partial charge is 0.258 e. The molecule has 1 fully saturated rings. The zero-order chi connectivity index (χ0) is 19.7. The van der Waals surface area contributed by atoms with Crippen LogP contribution in [0.25, 0.3) is 0 Å². The van der Waals surface area contributed by atoms with Gasteiger partial charge in [-0.1, -0.05) is 11.6 Å². The van der Waals surface area contributed by atoms with Gasteiger partial charge in [-0.15, -0.1) is 0 Å². The number of anilines is 3. The van der Waals surface area contributed by atoms with E-state index < -0.39 is 17.4 Å². The van der Waals surface area contributed by atoms with Crippen LogP contribution in [-0.2, 0) is 14.3 Å². The maximum Gasteiger partial charge on any atom is 0.258 e. The van der Waals surface area contributed by atoms with Gasteiger partial charge in [-0.2, -0.15) is 4.98 Å². The van der Waals surface area contributed by atoms with Crippen molar-refractivity contribution in [1.29, 1.82) is 0 Å². The lowest BCUT2D eigenvalue weighted by atomic mass is 9.92. The molecular weight excluding hydrogens is 386 g/mol. The molecule has 2 aliphatic heterocycles. The van der Waals surface area contributed by atoms with Crippen molar-refractivity contribution in [2.75, 3.05) is 41.8 Å². The van der Waals surface area contributed by atoms with E-state index in [9.17, 15) is 14.4 Å². The predicted molar refractivity (Wildman–Crippen MR) is 104 cm³/mol. The van der Waals surface area contributed by atoms with Gasteiger partial charge in [0.05, 0.1) is 24.7 Å². The fourth-order valence-corrected chi connectivity index (χ4v) is 3.40. The summed E-state index contributed by atoms with van der Waals surface area (Å²) in [5, 5.41) is 5.87. The number of fused-ring (bicyclic) bond motifs is 1. The van der Waals surface area contributed by atoms with Crippen LogP contribution >= 0.6 is 11.6 Å². The number of morpholine rings is 1. The van der Waals surface area contributed by atoms with E-state index in [-0.39, 0.29) is 23.7 Å². The topological polar surface area (TPSA) is 116 Å². The third-order valence-corrected chi connectivity index (χ3v) is 4.93. The summed E-state index contributed by atoms with van der Waals surface area (Å²) in [6.07, 6.45) is -0.131. The van der Waals surface area contributed by atoms with Crippen molar-refractivity contribution in [1.82, 2.24) is 9.97 Å². The molecule has 9 nitrogen and oxygen atoms in total. The molecule has 0 radical (unpaired) electrons. The number of carbonyl (C=O) groups is 2. The van der Waals surface area contributed by atoms with Crippen molar-refractivity contribution in [2.45, 2.75) is 12.3 Å². The van der Waals surface area contributed by atoms with Crippen LogP contribution in [0.2, 0.25) is 5.02 Å². The van der Waals surface area contributed by atoms with E-state index in [1.165, 1.54) is 0 Å². The second kappa shape index (κ2) is 7.61. The van der Waals surface area contributed by atoms with Gasteiger partial charge in [0.25, 0.3) is 5.56 Å². The number of nitrogens with one attached hydrogen (secondary N) is 3. The van der Waals surface area contributed by atoms with E-state index >= 15 is 0 Å². The Hall–Kier alpha value is -2.91. The Morgan fingerprint density at radius 1 is 1.21 bits per heavy atom. The molecule has 1 atom stereocenters. The average molecular weight is 404 g/mol. The van der Waals surface area contributed by atoms with Gasteiger partial charge >= 0.3 is 0 Å². The van der Waals surface area contributed by atoms with Gasteiger partial charge < -0.3 is 20.3 Å². The van der Waals surface area contributed by atoms with Crippen molar-refractivity contribution >= 4 is 40.9 Å². The summed E-state index contributed by atoms with van der Waals surface area (Å²) in [4.78, 5) is 46.6. The summed E-state index contributed by atoms with van der Waals surface area (Å²) in [5.74, 6) is -1.28. The first-order valence-electron chi connectivity index (χ1n) is 8.84. The number of aromatic nitrogens is 2. The third kappa shape index (κ3) is 3.71. The number of amides is 2. The van der Waals surface area contributed by atoms with Gasteiger partial charge in [0.1, 0.15) is 5.82 Å². The first kappa shape index (κ1) is 18.5. The number of halogens is 1. The molecule has 10 heteroatoms. The maximum atomic E-state index is 12.8. The second-order valence-electron chi connectivity index (χ2n) is 6.55. The molecule has 0 aliphatic carbocycles. The fourth-order valence-electron chi connectivity index (χ4n) is 3.27. The van der Waals surface area contributed by atoms with E-state index in [1.54, 1.807) is 24.3 Å². The fraction of sp³-hybridized carbons (Fsp3) is 0.333. The van der Waals surface area contributed by atoms with E-state index in [2.05, 4.69) is 20.6 Å². The van der Waals surface area contributed by atoms with Crippen molar-refractivity contribution in [2.24, 2.45) is 0 Å². The molecule has 1 aromatic carbocycles. The molecule has 4 rings (SSSR count). The third-order valence-electron chi connectivity index (χ3n) is 4.68. The molecule has 3 N–H and O–H groups in total. The standard InChI is InChI=1S/C18H18ClN5O4/c19-10-1-3-11(4-2-10)20-16(26)12-9-13(25)21-15-14(12)17(27)23-18(22-15)24-5-7-28-8-6-24/h1-4,12H,5-9H2,(H,20,26)(H2,21,22,23,25,27). The molecule has 3 heterocycles. The summed E-state index contributed by atoms with van der Waals surface area (Å²) in [5.41, 5.74) is 0.238. The van der Waals surface area contributed by atoms with Crippen LogP contribution in [0.3, 0.4) is 0 Å². The molecule has 146 valence electrons. The zero-order valence-electron chi connectivity index (χ0n) is 14.8. The van der Waals surface area contributed by atoms with E-state index in [1.807, 2.05) is 4.90 Å². The molecule has 2 aromatic rings. The van der Waals surface area contributed by atoms with Gasteiger partial charge in [0.2, 0.25) is 17.8 Å². The average Bonchev–Trinajstić information content (AvgIpc) is 2.69. The quantitative estimate of drug-likeness (QED) is 0.711. The minimum atomic E-state index is -0.936. The largest absolute Gasteiger partial charge is 0.378 e. The molecule has 1 unspecified atom stereocenters. The van der Waals surface area contributed by atoms with Gasteiger partial charge in [0.15, 0.2) is 0 Å². The molecule has 2 aliphatic rings. The molecule has 1 aromatic heterocycles. The molecular formula is C18H18ClN5O4. The Morgan fingerprint density at radius 3 is 2.64 bits per heavy atom.